The van der Waals surface area contributed by atoms with E-state index < -0.39 is 0 Å². The third-order valence-corrected chi connectivity index (χ3v) is 4.83. The molecule has 0 aliphatic carbocycles. The van der Waals surface area contributed by atoms with E-state index in [1.807, 2.05) is 41.1 Å². The molecule has 2 aromatic carbocycles. The number of aromatic hydroxyl groups is 1. The summed E-state index contributed by atoms with van der Waals surface area (Å²) in [5.41, 5.74) is 2.05. The number of aromatic nitrogens is 2. The summed E-state index contributed by atoms with van der Waals surface area (Å²) in [6, 6.07) is 13.8. The van der Waals surface area contributed by atoms with Gasteiger partial charge in [0.1, 0.15) is 5.75 Å². The highest BCUT2D eigenvalue weighted by molar-refractivity contribution is 7.98. The van der Waals surface area contributed by atoms with Gasteiger partial charge in [-0.15, -0.1) is 23.4 Å². The van der Waals surface area contributed by atoms with Crippen LogP contribution in [0.5, 0.6) is 5.75 Å². The van der Waals surface area contributed by atoms with Crippen LogP contribution >= 0.6 is 23.4 Å². The fourth-order valence-corrected chi connectivity index (χ4v) is 3.56. The molecule has 1 N–H and O–H groups in total. The Morgan fingerprint density at radius 2 is 2.05 bits per heavy atom. The number of nitrogens with zero attached hydrogens (tertiary/aromatic N) is 2. The molecule has 0 atom stereocenters. The Labute approximate surface area is 138 Å². The molecule has 0 bridgehead atoms. The second-order valence-electron chi connectivity index (χ2n) is 5.03. The number of thioether (sulfide) groups is 1. The van der Waals surface area contributed by atoms with Crippen LogP contribution in [0.15, 0.2) is 47.4 Å². The highest BCUT2D eigenvalue weighted by Crippen LogP contribution is 2.32. The van der Waals surface area contributed by atoms with Crippen molar-refractivity contribution in [1.29, 1.82) is 0 Å². The van der Waals surface area contributed by atoms with E-state index in [1.165, 1.54) is 0 Å². The molecular formula is C17H17ClN2OS. The second-order valence-corrected chi connectivity index (χ2v) is 6.34. The maximum absolute atomic E-state index is 10.1. The Bertz CT molecular complexity index is 800. The van der Waals surface area contributed by atoms with Crippen LogP contribution in [0.2, 0.25) is 0 Å². The molecule has 22 heavy (non-hydrogen) atoms. The van der Waals surface area contributed by atoms with E-state index in [-0.39, 0.29) is 0 Å². The molecule has 0 saturated carbocycles. The van der Waals surface area contributed by atoms with E-state index in [4.69, 9.17) is 11.6 Å². The zero-order valence-electron chi connectivity index (χ0n) is 12.3. The summed E-state index contributed by atoms with van der Waals surface area (Å²) in [6.07, 6.45) is 0. The number of phenols is 1. The molecule has 5 heteroatoms. The number of fused-ring (bicyclic) bond motifs is 1. The summed E-state index contributed by atoms with van der Waals surface area (Å²) in [5.74, 6) is 1.56. The predicted octanol–water partition coefficient (Wildman–Crippen LogP) is 4.79. The highest BCUT2D eigenvalue weighted by atomic mass is 35.5. The maximum atomic E-state index is 10.1. The minimum Gasteiger partial charge on any atom is -0.507 e. The van der Waals surface area contributed by atoms with Crippen molar-refractivity contribution in [2.24, 2.45) is 0 Å². The monoisotopic (exact) mass is 332 g/mol. The van der Waals surface area contributed by atoms with Gasteiger partial charge in [-0.1, -0.05) is 24.3 Å². The van der Waals surface area contributed by atoms with Crippen LogP contribution in [0.1, 0.15) is 18.3 Å². The Morgan fingerprint density at radius 1 is 1.23 bits per heavy atom. The van der Waals surface area contributed by atoms with E-state index in [9.17, 15) is 5.11 Å². The Balaban J connectivity index is 1.83. The molecule has 114 valence electrons. The van der Waals surface area contributed by atoms with Crippen LogP contribution in [0.4, 0.5) is 0 Å². The third kappa shape index (κ3) is 3.08. The second kappa shape index (κ2) is 6.63. The molecule has 3 rings (SSSR count). The lowest BCUT2D eigenvalue weighted by Gasteiger charge is -2.07. The largest absolute Gasteiger partial charge is 0.507 e. The molecule has 0 aliphatic rings. The Morgan fingerprint density at radius 3 is 2.82 bits per heavy atom. The van der Waals surface area contributed by atoms with Crippen molar-refractivity contribution >= 4 is 34.1 Å². The summed E-state index contributed by atoms with van der Waals surface area (Å²) >= 11 is 7.55. The molecule has 1 heterocycles. The van der Waals surface area contributed by atoms with E-state index in [0.29, 0.717) is 11.6 Å². The first-order chi connectivity index (χ1) is 10.7. The summed E-state index contributed by atoms with van der Waals surface area (Å²) in [7, 11) is 0. The van der Waals surface area contributed by atoms with Crippen LogP contribution in [0, 0.1) is 0 Å². The fraction of sp³-hybridized carbons (Fsp3) is 0.235. The van der Waals surface area contributed by atoms with Crippen LogP contribution in [-0.2, 0) is 18.2 Å². The molecular weight excluding hydrogens is 316 g/mol. The van der Waals surface area contributed by atoms with Gasteiger partial charge in [-0.05, 0) is 30.5 Å². The molecule has 0 spiro atoms. The number of halogens is 1. The van der Waals surface area contributed by atoms with Crippen molar-refractivity contribution in [2.75, 3.05) is 0 Å². The van der Waals surface area contributed by atoms with Crippen LogP contribution in [0.25, 0.3) is 10.8 Å². The van der Waals surface area contributed by atoms with Crippen molar-refractivity contribution < 1.29 is 5.11 Å². The van der Waals surface area contributed by atoms with Crippen LogP contribution < -0.4 is 0 Å². The average Bonchev–Trinajstić information content (AvgIpc) is 2.95. The number of hydrogen-bond donors (Lipinski definition) is 1. The minimum atomic E-state index is 0.325. The number of rotatable bonds is 5. The molecule has 3 nitrogen and oxygen atoms in total. The molecule has 0 unspecified atom stereocenters. The quantitative estimate of drug-likeness (QED) is 0.539. The van der Waals surface area contributed by atoms with Gasteiger partial charge in [0.15, 0.2) is 0 Å². The number of phenolic OH excluding ortho intramolecular Hbond substituents is 1. The standard InChI is InChI=1S/C17H17ClN2OS/c1-2-20-14(8-13(10-18)19-20)11-22-15-7-12-5-3-4-6-16(12)17(21)9-15/h3-9,21H,2,10-11H2,1H3. The molecule has 1 aromatic heterocycles. The van der Waals surface area contributed by atoms with E-state index >= 15 is 0 Å². The van der Waals surface area contributed by atoms with Crippen LogP contribution in [0.3, 0.4) is 0 Å². The lowest BCUT2D eigenvalue weighted by Crippen LogP contribution is -2.01. The van der Waals surface area contributed by atoms with Crippen LogP contribution in [-0.4, -0.2) is 14.9 Å². The van der Waals surface area contributed by atoms with Gasteiger partial charge in [0.05, 0.1) is 11.6 Å². The van der Waals surface area contributed by atoms with Gasteiger partial charge in [0.25, 0.3) is 0 Å². The van der Waals surface area contributed by atoms with Crippen molar-refractivity contribution in [3.05, 3.63) is 53.9 Å². The Hall–Kier alpha value is -1.65. The van der Waals surface area contributed by atoms with Gasteiger partial charge in [0.2, 0.25) is 0 Å². The first-order valence-electron chi connectivity index (χ1n) is 7.17. The predicted molar refractivity (Wildman–Crippen MR) is 92.6 cm³/mol. The number of alkyl halides is 1. The summed E-state index contributed by atoms with van der Waals surface area (Å²) in [5, 5.41) is 16.5. The molecule has 3 aromatic rings. The first-order valence-corrected chi connectivity index (χ1v) is 8.69. The zero-order valence-corrected chi connectivity index (χ0v) is 13.9. The van der Waals surface area contributed by atoms with Crippen molar-refractivity contribution in [2.45, 2.75) is 30.0 Å². The molecule has 0 saturated heterocycles. The normalized spacial score (nSPS) is 11.2. The zero-order chi connectivity index (χ0) is 15.5. The topological polar surface area (TPSA) is 38.0 Å². The number of aryl methyl sites for hydroxylation is 1. The van der Waals surface area contributed by atoms with Gasteiger partial charge in [-0.25, -0.2) is 0 Å². The van der Waals surface area contributed by atoms with Crippen molar-refractivity contribution in [1.82, 2.24) is 9.78 Å². The van der Waals surface area contributed by atoms with Gasteiger partial charge in [-0.2, -0.15) is 5.10 Å². The van der Waals surface area contributed by atoms with Gasteiger partial charge < -0.3 is 5.11 Å². The van der Waals surface area contributed by atoms with E-state index in [1.54, 1.807) is 11.8 Å². The molecule has 0 aliphatic heterocycles. The van der Waals surface area contributed by atoms with E-state index in [2.05, 4.69) is 18.1 Å². The summed E-state index contributed by atoms with van der Waals surface area (Å²) in [6.45, 7) is 2.90. The van der Waals surface area contributed by atoms with Crippen molar-refractivity contribution in [3.8, 4) is 5.75 Å². The SMILES string of the molecule is CCn1nc(CCl)cc1CSc1cc(O)c2ccccc2c1. The molecule has 0 fully saturated rings. The molecule has 0 amide bonds. The van der Waals surface area contributed by atoms with E-state index in [0.717, 1.165) is 39.4 Å². The minimum absolute atomic E-state index is 0.325. The fourth-order valence-electron chi connectivity index (χ4n) is 2.47. The van der Waals surface area contributed by atoms with Crippen molar-refractivity contribution in [3.63, 3.8) is 0 Å². The third-order valence-electron chi connectivity index (χ3n) is 3.55. The lowest BCUT2D eigenvalue weighted by atomic mass is 10.1. The summed E-state index contributed by atoms with van der Waals surface area (Å²) in [4.78, 5) is 1.05. The maximum Gasteiger partial charge on any atom is 0.124 e. The number of benzene rings is 2. The number of hydrogen-bond acceptors (Lipinski definition) is 3. The lowest BCUT2D eigenvalue weighted by molar-refractivity contribution is 0.480. The summed E-state index contributed by atoms with van der Waals surface area (Å²) < 4.78 is 1.98. The van der Waals surface area contributed by atoms with Gasteiger partial charge >= 0.3 is 0 Å². The average molecular weight is 333 g/mol. The van der Waals surface area contributed by atoms with Gasteiger partial charge in [0, 0.05) is 28.3 Å². The smallest absolute Gasteiger partial charge is 0.124 e. The highest BCUT2D eigenvalue weighted by Gasteiger charge is 2.08. The Kier molecular flexibility index (Phi) is 4.60. The first kappa shape index (κ1) is 15.3. The van der Waals surface area contributed by atoms with Gasteiger partial charge in [-0.3, -0.25) is 4.68 Å². The molecule has 0 radical (unpaired) electrons.